The van der Waals surface area contributed by atoms with Crippen LogP contribution in [0.2, 0.25) is 0 Å². The maximum Gasteiger partial charge on any atom is 0.200 e. The van der Waals surface area contributed by atoms with Crippen LogP contribution in [0.5, 0.6) is 0 Å². The van der Waals surface area contributed by atoms with E-state index >= 15 is 70.2 Å². The number of benzene rings is 4. The summed E-state index contributed by atoms with van der Waals surface area (Å²) in [7, 11) is 0. The quantitative estimate of drug-likeness (QED) is 0.0882. The zero-order valence-electron chi connectivity index (χ0n) is 39.8. The summed E-state index contributed by atoms with van der Waals surface area (Å²) in [5.41, 5.74) is -18.8. The van der Waals surface area contributed by atoms with Crippen molar-refractivity contribution in [2.45, 2.75) is 40.5 Å². The fourth-order valence-corrected chi connectivity index (χ4v) is 9.91. The highest BCUT2D eigenvalue weighted by Crippen LogP contribution is 2.46. The molecule has 4 aromatic carbocycles. The Hall–Kier alpha value is -8.64. The van der Waals surface area contributed by atoms with E-state index < -0.39 is 206 Å². The van der Waals surface area contributed by atoms with Crippen LogP contribution in [0.3, 0.4) is 0 Å². The van der Waals surface area contributed by atoms with E-state index in [1.807, 2.05) is 0 Å². The Morgan fingerprint density at radius 1 is 0.278 bits per heavy atom. The number of halogens is 20. The third-order valence-corrected chi connectivity index (χ3v) is 13.6. The lowest BCUT2D eigenvalue weighted by Gasteiger charge is -2.11. The lowest BCUT2D eigenvalue weighted by Crippen LogP contribution is -2.06. The maximum absolute atomic E-state index is 16.3. The Bertz CT molecular complexity index is 3980. The summed E-state index contributed by atoms with van der Waals surface area (Å²) in [6.07, 6.45) is 2.65. The standard InChI is InChI=1S/C54H25F20N5/c1-5-15-13(3)51-25(29-35(59)43(67)49(73)44(68)36(29)60)21-11-9-19(76-21)23(27-31(55)39(63)47(71)40(64)32(27)56)17-7-8-18(75-17)24(28-33(57)41(65)48(72)42(66)34(28)58)20-10-12-22(77-20)26(30-37(61)45(69)50(74)46(70)38(30)62)52-14(4)16(6-2)54(79-52)53(15)78-51/h7-12,75,78-79H,5-6H2,1-4H3. The Morgan fingerprint density at radius 3 is 0.734 bits per heavy atom. The molecule has 3 N–H and O–H groups in total. The molecule has 0 atom stereocenters. The number of nitrogens with zero attached hydrogens (tertiary/aromatic N) is 2. The second-order valence-corrected chi connectivity index (χ2v) is 17.7. The van der Waals surface area contributed by atoms with Crippen LogP contribution in [0.1, 0.15) is 58.9 Å². The summed E-state index contributed by atoms with van der Waals surface area (Å²) in [6.45, 7) is 5.53. The number of rotatable bonds is 6. The van der Waals surface area contributed by atoms with Crippen molar-refractivity contribution in [3.05, 3.63) is 174 Å². The van der Waals surface area contributed by atoms with E-state index in [1.54, 1.807) is 0 Å². The Balaban J connectivity index is 1.57. The average Bonchev–Trinajstić information content (AvgIpc) is 4.40. The normalized spacial score (nSPS) is 12.3. The molecule has 0 fully saturated rings. The SMILES string of the molecule is CCc1c(C)c2[nH]c1c1[nH]c(c(C)c1CC)c(-c1c(F)c(F)c(F)c(F)c1F)c1nc(c(-c3c(F)c(F)c(F)c(F)c3F)c3ccc([nH]3)c(-c3c(F)c(F)c(F)c(F)c3F)c3nc(c2-c2c(F)c(F)c(F)c(F)c2F)C=C3)C=C1. The molecule has 406 valence electrons. The minimum atomic E-state index is -2.72. The summed E-state index contributed by atoms with van der Waals surface area (Å²) in [5, 5.41) is 0. The highest BCUT2D eigenvalue weighted by Gasteiger charge is 2.36. The Labute approximate surface area is 427 Å². The smallest absolute Gasteiger partial charge is 0.200 e. The van der Waals surface area contributed by atoms with E-state index in [9.17, 15) is 17.6 Å². The van der Waals surface area contributed by atoms with Gasteiger partial charge in [0.2, 0.25) is 23.3 Å². The van der Waals surface area contributed by atoms with E-state index in [2.05, 4.69) is 24.9 Å². The molecule has 4 aromatic heterocycles. The first-order valence-electron chi connectivity index (χ1n) is 22.8. The van der Waals surface area contributed by atoms with Crippen LogP contribution in [0.25, 0.3) is 102 Å². The predicted molar refractivity (Wildman–Crippen MR) is 249 cm³/mol. The van der Waals surface area contributed by atoms with Gasteiger partial charge in [0, 0.05) is 33.3 Å². The molecule has 5 nitrogen and oxygen atoms in total. The second kappa shape index (κ2) is 19.1. The molecule has 10 rings (SSSR count). The van der Waals surface area contributed by atoms with Crippen molar-refractivity contribution >= 4 is 57.4 Å². The van der Waals surface area contributed by atoms with Crippen LogP contribution < -0.4 is 0 Å². The average molecular weight is 1120 g/mol. The minimum Gasteiger partial charge on any atom is -0.354 e. The van der Waals surface area contributed by atoms with Crippen LogP contribution in [0.15, 0.2) is 12.1 Å². The molecule has 10 bridgehead atoms. The van der Waals surface area contributed by atoms with Gasteiger partial charge in [0.1, 0.15) is 0 Å². The molecule has 6 heterocycles. The number of aromatic amines is 3. The summed E-state index contributed by atoms with van der Waals surface area (Å²) >= 11 is 0. The number of aryl methyl sites for hydroxylation is 4. The molecular formula is C54H25F20N5. The number of aromatic nitrogens is 5. The zero-order valence-corrected chi connectivity index (χ0v) is 39.8. The molecule has 2 aliphatic heterocycles. The van der Waals surface area contributed by atoms with Crippen molar-refractivity contribution in [3.63, 3.8) is 0 Å². The van der Waals surface area contributed by atoms with Crippen LogP contribution >= 0.6 is 0 Å². The molecule has 25 heteroatoms. The van der Waals surface area contributed by atoms with Gasteiger partial charge in [-0.1, -0.05) is 13.8 Å². The van der Waals surface area contributed by atoms with Gasteiger partial charge in [0.25, 0.3) is 0 Å². The predicted octanol–water partition coefficient (Wildman–Crippen LogP) is 16.9. The number of hydrogen-bond acceptors (Lipinski definition) is 2. The molecule has 2 aliphatic rings. The molecule has 0 amide bonds. The molecule has 0 spiro atoms. The molecule has 0 aliphatic carbocycles. The van der Waals surface area contributed by atoms with Crippen molar-refractivity contribution in [3.8, 4) is 44.5 Å². The summed E-state index contributed by atoms with van der Waals surface area (Å²) in [5.74, 6) is -51.8. The lowest BCUT2D eigenvalue weighted by molar-refractivity contribution is 0.381. The van der Waals surface area contributed by atoms with E-state index in [0.717, 1.165) is 12.2 Å². The number of nitrogens with one attached hydrogen (secondary N) is 3. The van der Waals surface area contributed by atoms with Crippen molar-refractivity contribution in [2.24, 2.45) is 0 Å². The molecule has 0 radical (unpaired) electrons. The van der Waals surface area contributed by atoms with Gasteiger partial charge in [-0.2, -0.15) is 0 Å². The van der Waals surface area contributed by atoms with Crippen LogP contribution in [-0.4, -0.2) is 24.9 Å². The Morgan fingerprint density at radius 2 is 0.494 bits per heavy atom. The van der Waals surface area contributed by atoms with Gasteiger partial charge in [-0.25, -0.2) is 97.8 Å². The van der Waals surface area contributed by atoms with Crippen molar-refractivity contribution in [1.29, 1.82) is 0 Å². The topological polar surface area (TPSA) is 73.2 Å². The van der Waals surface area contributed by atoms with Crippen molar-refractivity contribution < 1.29 is 87.8 Å². The molecule has 0 unspecified atom stereocenters. The molecule has 8 aromatic rings. The van der Waals surface area contributed by atoms with Gasteiger partial charge < -0.3 is 15.0 Å². The van der Waals surface area contributed by atoms with Crippen LogP contribution in [0.4, 0.5) is 87.8 Å². The first kappa shape index (κ1) is 53.7. The van der Waals surface area contributed by atoms with E-state index in [4.69, 9.17) is 0 Å². The second-order valence-electron chi connectivity index (χ2n) is 17.7. The summed E-state index contributed by atoms with van der Waals surface area (Å²) < 4.78 is 311. The first-order chi connectivity index (χ1) is 37.3. The number of H-pyrrole nitrogens is 3. The van der Waals surface area contributed by atoms with Gasteiger partial charge in [-0.05, 0) is 85.4 Å². The number of fused-ring (bicyclic) bond motifs is 11. The first-order valence-corrected chi connectivity index (χ1v) is 22.8. The largest absolute Gasteiger partial charge is 0.354 e. The maximum atomic E-state index is 16.3. The lowest BCUT2D eigenvalue weighted by atomic mass is 9.98. The zero-order chi connectivity index (χ0) is 57.4. The molecule has 79 heavy (non-hydrogen) atoms. The third kappa shape index (κ3) is 7.69. The molecule has 0 saturated carbocycles. The van der Waals surface area contributed by atoms with E-state index in [0.29, 0.717) is 24.3 Å². The van der Waals surface area contributed by atoms with Crippen LogP contribution in [0, 0.1) is 130 Å². The minimum absolute atomic E-state index is 0.0771. The van der Waals surface area contributed by atoms with Crippen molar-refractivity contribution in [2.75, 3.05) is 0 Å². The van der Waals surface area contributed by atoms with Gasteiger partial charge in [0.05, 0.1) is 67.1 Å². The van der Waals surface area contributed by atoms with Crippen LogP contribution in [-0.2, 0) is 12.8 Å². The fraction of sp³-hybridized carbons (Fsp3) is 0.111. The highest BCUT2D eigenvalue weighted by molar-refractivity contribution is 6.03. The number of hydrogen-bond donors (Lipinski definition) is 3. The van der Waals surface area contributed by atoms with Crippen molar-refractivity contribution in [1.82, 2.24) is 24.9 Å². The Kier molecular flexibility index (Phi) is 13.0. The van der Waals surface area contributed by atoms with E-state index in [-0.39, 0.29) is 46.1 Å². The molecule has 0 saturated heterocycles. The highest BCUT2D eigenvalue weighted by atomic mass is 19.2. The van der Waals surface area contributed by atoms with Gasteiger partial charge in [-0.15, -0.1) is 0 Å². The third-order valence-electron chi connectivity index (χ3n) is 13.6. The monoisotopic (exact) mass is 1120 g/mol. The van der Waals surface area contributed by atoms with Gasteiger partial charge in [-0.3, -0.25) is 0 Å². The van der Waals surface area contributed by atoms with Gasteiger partial charge >= 0.3 is 0 Å². The van der Waals surface area contributed by atoms with Gasteiger partial charge in [0.15, 0.2) is 93.1 Å². The molecular weight excluding hydrogens is 1100 g/mol. The summed E-state index contributed by atoms with van der Waals surface area (Å²) in [4.78, 5) is 16.3. The van der Waals surface area contributed by atoms with E-state index in [1.165, 1.54) is 27.7 Å². The summed E-state index contributed by atoms with van der Waals surface area (Å²) in [6, 6.07) is 1.30. The fourth-order valence-electron chi connectivity index (χ4n) is 9.91.